The molecule has 142 valence electrons. The smallest absolute Gasteiger partial charge is 0.368 e. The van der Waals surface area contributed by atoms with Crippen LogP contribution in [0.5, 0.6) is 0 Å². The van der Waals surface area contributed by atoms with Crippen molar-refractivity contribution in [3.05, 3.63) is 53.9 Å². The molecule has 1 aromatic carbocycles. The van der Waals surface area contributed by atoms with Crippen LogP contribution in [0.1, 0.15) is 36.2 Å². The molecular formula is C18H17F3N4O2. The van der Waals surface area contributed by atoms with E-state index in [1.54, 1.807) is 24.5 Å². The summed E-state index contributed by atoms with van der Waals surface area (Å²) in [6.07, 6.45) is -0.0906. The van der Waals surface area contributed by atoms with E-state index < -0.39 is 12.6 Å². The van der Waals surface area contributed by atoms with Crippen LogP contribution in [0, 0.1) is 0 Å². The van der Waals surface area contributed by atoms with Gasteiger partial charge in [0.05, 0.1) is 13.0 Å². The lowest BCUT2D eigenvalue weighted by atomic mass is 10.1. The van der Waals surface area contributed by atoms with Gasteiger partial charge in [-0.05, 0) is 18.4 Å². The van der Waals surface area contributed by atoms with E-state index in [0.29, 0.717) is 36.3 Å². The van der Waals surface area contributed by atoms with Gasteiger partial charge in [-0.15, -0.1) is 0 Å². The standard InChI is InChI=1S/C18H17F3N4O2/c19-18(20,21)10-12-3-5-13(6-4-12)16-22-7-8-25(16)11-15-23-17(27-24-15)14-2-1-9-26-14/h3-8,14H,1-2,9-11H2. The first-order valence-electron chi connectivity index (χ1n) is 8.59. The number of halogens is 3. The molecule has 27 heavy (non-hydrogen) atoms. The highest BCUT2D eigenvalue weighted by molar-refractivity contribution is 5.56. The molecule has 1 atom stereocenters. The average molecular weight is 378 g/mol. The van der Waals surface area contributed by atoms with Crippen LogP contribution in [0.3, 0.4) is 0 Å². The topological polar surface area (TPSA) is 66.0 Å². The molecule has 0 spiro atoms. The van der Waals surface area contributed by atoms with Crippen LogP contribution in [0.4, 0.5) is 13.2 Å². The molecule has 9 heteroatoms. The van der Waals surface area contributed by atoms with Crippen molar-refractivity contribution in [2.75, 3.05) is 6.61 Å². The fourth-order valence-corrected chi connectivity index (χ4v) is 3.09. The Balaban J connectivity index is 1.49. The lowest BCUT2D eigenvalue weighted by Gasteiger charge is -2.08. The van der Waals surface area contributed by atoms with E-state index in [9.17, 15) is 13.2 Å². The maximum atomic E-state index is 12.5. The molecule has 0 amide bonds. The lowest BCUT2D eigenvalue weighted by Crippen LogP contribution is -2.11. The first kappa shape index (κ1) is 17.7. The van der Waals surface area contributed by atoms with Gasteiger partial charge in [-0.1, -0.05) is 29.4 Å². The van der Waals surface area contributed by atoms with Crippen LogP contribution in [0.2, 0.25) is 0 Å². The predicted octanol–water partition coefficient (Wildman–Crippen LogP) is 3.94. The second-order valence-electron chi connectivity index (χ2n) is 6.42. The first-order chi connectivity index (χ1) is 13.0. The Morgan fingerprint density at radius 2 is 2.00 bits per heavy atom. The van der Waals surface area contributed by atoms with Gasteiger partial charge in [-0.3, -0.25) is 0 Å². The van der Waals surface area contributed by atoms with Gasteiger partial charge in [0.25, 0.3) is 5.89 Å². The van der Waals surface area contributed by atoms with Crippen LogP contribution in [0.25, 0.3) is 11.4 Å². The number of benzene rings is 1. The molecule has 0 aliphatic carbocycles. The highest BCUT2D eigenvalue weighted by atomic mass is 19.4. The third kappa shape index (κ3) is 4.19. The molecule has 4 rings (SSSR count). The Bertz CT molecular complexity index is 896. The van der Waals surface area contributed by atoms with E-state index in [2.05, 4.69) is 15.1 Å². The van der Waals surface area contributed by atoms with E-state index in [-0.39, 0.29) is 11.7 Å². The van der Waals surface area contributed by atoms with Crippen LogP contribution >= 0.6 is 0 Å². The summed E-state index contributed by atoms with van der Waals surface area (Å²) in [6.45, 7) is 1.04. The Morgan fingerprint density at radius 1 is 1.19 bits per heavy atom. The molecule has 3 heterocycles. The quantitative estimate of drug-likeness (QED) is 0.673. The number of imidazole rings is 1. The molecule has 6 nitrogen and oxygen atoms in total. The van der Waals surface area contributed by atoms with Crippen LogP contribution in [-0.4, -0.2) is 32.5 Å². The number of hydrogen-bond acceptors (Lipinski definition) is 5. The Labute approximate surface area is 153 Å². The Kier molecular flexibility index (Phi) is 4.69. The monoisotopic (exact) mass is 378 g/mol. The van der Waals surface area contributed by atoms with Crippen molar-refractivity contribution in [1.82, 2.24) is 19.7 Å². The first-order valence-corrected chi connectivity index (χ1v) is 8.59. The van der Waals surface area contributed by atoms with Crippen LogP contribution in [0.15, 0.2) is 41.2 Å². The van der Waals surface area contributed by atoms with Crippen LogP contribution < -0.4 is 0 Å². The van der Waals surface area contributed by atoms with Gasteiger partial charge < -0.3 is 13.8 Å². The highest BCUT2D eigenvalue weighted by Crippen LogP contribution is 2.27. The van der Waals surface area contributed by atoms with Gasteiger partial charge in [0.15, 0.2) is 5.82 Å². The fraction of sp³-hybridized carbons (Fsp3) is 0.389. The lowest BCUT2D eigenvalue weighted by molar-refractivity contribution is -0.127. The molecule has 1 unspecified atom stereocenters. The van der Waals surface area contributed by atoms with Crippen molar-refractivity contribution < 1.29 is 22.4 Å². The van der Waals surface area contributed by atoms with Crippen molar-refractivity contribution in [2.45, 2.75) is 38.1 Å². The zero-order valence-electron chi connectivity index (χ0n) is 14.3. The van der Waals surface area contributed by atoms with Gasteiger partial charge >= 0.3 is 6.18 Å². The molecule has 0 radical (unpaired) electrons. The molecule has 2 aromatic heterocycles. The van der Waals surface area contributed by atoms with Gasteiger partial charge in [-0.25, -0.2) is 4.98 Å². The summed E-state index contributed by atoms with van der Waals surface area (Å²) < 4.78 is 50.1. The Hall–Kier alpha value is -2.68. The summed E-state index contributed by atoms with van der Waals surface area (Å²) in [5.74, 6) is 1.59. The largest absolute Gasteiger partial charge is 0.393 e. The van der Waals surface area contributed by atoms with E-state index >= 15 is 0 Å². The SMILES string of the molecule is FC(F)(F)Cc1ccc(-c2nccn2Cc2noc(C3CCCO3)n2)cc1. The molecule has 3 aromatic rings. The second-order valence-corrected chi connectivity index (χ2v) is 6.42. The minimum atomic E-state index is -4.22. The summed E-state index contributed by atoms with van der Waals surface area (Å²) in [5, 5.41) is 3.99. The maximum Gasteiger partial charge on any atom is 0.393 e. The molecule has 1 aliphatic heterocycles. The molecule has 1 aliphatic rings. The number of ether oxygens (including phenoxy) is 1. The zero-order chi connectivity index (χ0) is 18.9. The number of aromatic nitrogens is 4. The molecular weight excluding hydrogens is 361 g/mol. The number of hydrogen-bond donors (Lipinski definition) is 0. The maximum absolute atomic E-state index is 12.5. The summed E-state index contributed by atoms with van der Waals surface area (Å²) in [7, 11) is 0. The van der Waals surface area contributed by atoms with Crippen molar-refractivity contribution in [3.8, 4) is 11.4 Å². The Morgan fingerprint density at radius 3 is 2.70 bits per heavy atom. The third-order valence-corrected chi connectivity index (χ3v) is 4.33. The number of nitrogens with zero attached hydrogens (tertiary/aromatic N) is 4. The molecule has 0 bridgehead atoms. The van der Waals surface area contributed by atoms with E-state index in [1.165, 1.54) is 12.1 Å². The summed E-state index contributed by atoms with van der Waals surface area (Å²) in [5.41, 5.74) is 0.928. The predicted molar refractivity (Wildman–Crippen MR) is 88.7 cm³/mol. The molecule has 0 saturated carbocycles. The number of alkyl halides is 3. The minimum absolute atomic E-state index is 0.144. The minimum Gasteiger partial charge on any atom is -0.368 e. The highest BCUT2D eigenvalue weighted by Gasteiger charge is 2.27. The summed E-state index contributed by atoms with van der Waals surface area (Å²) in [6, 6.07) is 6.19. The van der Waals surface area contributed by atoms with Crippen molar-refractivity contribution in [2.24, 2.45) is 0 Å². The van der Waals surface area contributed by atoms with Gasteiger partial charge in [0.1, 0.15) is 11.9 Å². The molecule has 1 saturated heterocycles. The van der Waals surface area contributed by atoms with Crippen molar-refractivity contribution in [1.29, 1.82) is 0 Å². The van der Waals surface area contributed by atoms with Gasteiger partial charge in [-0.2, -0.15) is 18.2 Å². The van der Waals surface area contributed by atoms with Gasteiger partial charge in [0.2, 0.25) is 0 Å². The average Bonchev–Trinajstić information content (AvgIpc) is 3.36. The second kappa shape index (κ2) is 7.15. The third-order valence-electron chi connectivity index (χ3n) is 4.33. The molecule has 0 N–H and O–H groups in total. The van der Waals surface area contributed by atoms with E-state index in [1.807, 2.05) is 4.57 Å². The van der Waals surface area contributed by atoms with Crippen LogP contribution in [-0.2, 0) is 17.7 Å². The molecule has 1 fully saturated rings. The van der Waals surface area contributed by atoms with Crippen molar-refractivity contribution >= 4 is 0 Å². The number of rotatable bonds is 5. The van der Waals surface area contributed by atoms with E-state index in [4.69, 9.17) is 9.26 Å². The van der Waals surface area contributed by atoms with E-state index in [0.717, 1.165) is 12.8 Å². The summed E-state index contributed by atoms with van der Waals surface area (Å²) in [4.78, 5) is 8.68. The normalized spacial score (nSPS) is 17.5. The summed E-state index contributed by atoms with van der Waals surface area (Å²) >= 11 is 0. The fourth-order valence-electron chi connectivity index (χ4n) is 3.09. The van der Waals surface area contributed by atoms with Gasteiger partial charge in [0, 0.05) is 24.6 Å². The zero-order valence-corrected chi connectivity index (χ0v) is 14.3. The van der Waals surface area contributed by atoms with Crippen molar-refractivity contribution in [3.63, 3.8) is 0 Å².